The van der Waals surface area contributed by atoms with Crippen molar-refractivity contribution in [1.82, 2.24) is 9.80 Å². The maximum Gasteiger partial charge on any atom is 0.237 e. The Kier molecular flexibility index (Phi) is 4.57. The van der Waals surface area contributed by atoms with E-state index in [0.29, 0.717) is 13.1 Å². The number of amides is 1. The number of fused-ring (bicyclic) bond motifs is 1. The van der Waals surface area contributed by atoms with Gasteiger partial charge >= 0.3 is 0 Å². The molecular formula is C17H27N3OS. The van der Waals surface area contributed by atoms with Crippen molar-refractivity contribution >= 4 is 17.2 Å². The molecule has 0 bridgehead atoms. The zero-order chi connectivity index (χ0) is 15.7. The van der Waals surface area contributed by atoms with Crippen molar-refractivity contribution in [2.24, 2.45) is 11.1 Å². The van der Waals surface area contributed by atoms with Gasteiger partial charge in [-0.15, -0.1) is 11.3 Å². The third-order valence-electron chi connectivity index (χ3n) is 5.29. The summed E-state index contributed by atoms with van der Waals surface area (Å²) >= 11 is 1.83. The van der Waals surface area contributed by atoms with Crippen molar-refractivity contribution < 1.29 is 4.79 Å². The molecule has 0 radical (unpaired) electrons. The Bertz CT molecular complexity index is 544. The molecule has 4 nitrogen and oxygen atoms in total. The van der Waals surface area contributed by atoms with Gasteiger partial charge in [0.2, 0.25) is 5.91 Å². The van der Waals surface area contributed by atoms with Crippen LogP contribution in [-0.4, -0.2) is 48.4 Å². The predicted octanol–water partition coefficient (Wildman–Crippen LogP) is 2.25. The van der Waals surface area contributed by atoms with E-state index in [1.54, 1.807) is 0 Å². The van der Waals surface area contributed by atoms with Crippen LogP contribution >= 0.6 is 11.3 Å². The van der Waals surface area contributed by atoms with Crippen LogP contribution in [0.3, 0.4) is 0 Å². The van der Waals surface area contributed by atoms with E-state index < -0.39 is 0 Å². The van der Waals surface area contributed by atoms with E-state index >= 15 is 0 Å². The summed E-state index contributed by atoms with van der Waals surface area (Å²) in [6.45, 7) is 8.47. The molecule has 2 N–H and O–H groups in total. The van der Waals surface area contributed by atoms with Crippen LogP contribution in [-0.2, 0) is 11.2 Å². The Hall–Kier alpha value is -0.910. The minimum atomic E-state index is 0.187. The molecule has 1 fully saturated rings. The van der Waals surface area contributed by atoms with E-state index in [2.05, 4.69) is 35.1 Å². The molecule has 0 saturated carbocycles. The highest BCUT2D eigenvalue weighted by molar-refractivity contribution is 7.10. The van der Waals surface area contributed by atoms with Crippen LogP contribution in [0.15, 0.2) is 11.4 Å². The molecule has 1 amide bonds. The van der Waals surface area contributed by atoms with Crippen LogP contribution < -0.4 is 5.73 Å². The van der Waals surface area contributed by atoms with E-state index in [-0.39, 0.29) is 17.4 Å². The zero-order valence-electron chi connectivity index (χ0n) is 13.7. The number of likely N-dealkylation sites (tertiary alicyclic amines) is 1. The smallest absolute Gasteiger partial charge is 0.237 e. The zero-order valence-corrected chi connectivity index (χ0v) is 14.5. The molecule has 0 spiro atoms. The van der Waals surface area contributed by atoms with Gasteiger partial charge in [0.1, 0.15) is 0 Å². The lowest BCUT2D eigenvalue weighted by atomic mass is 9.90. The molecule has 5 heteroatoms. The quantitative estimate of drug-likeness (QED) is 0.925. The molecule has 2 aliphatic heterocycles. The summed E-state index contributed by atoms with van der Waals surface area (Å²) in [6.07, 6.45) is 3.11. The largest absolute Gasteiger partial charge is 0.334 e. The number of hydrogen-bond donors (Lipinski definition) is 1. The number of thiophene rings is 1. The minimum Gasteiger partial charge on any atom is -0.334 e. The minimum absolute atomic E-state index is 0.187. The molecule has 122 valence electrons. The number of nitrogens with zero attached hydrogens (tertiary/aromatic N) is 2. The first-order valence-electron chi connectivity index (χ1n) is 8.34. The van der Waals surface area contributed by atoms with E-state index in [0.717, 1.165) is 38.9 Å². The van der Waals surface area contributed by atoms with E-state index in [9.17, 15) is 4.79 Å². The van der Waals surface area contributed by atoms with Crippen molar-refractivity contribution in [2.75, 3.05) is 32.7 Å². The van der Waals surface area contributed by atoms with Gasteiger partial charge in [-0.2, -0.15) is 0 Å². The summed E-state index contributed by atoms with van der Waals surface area (Å²) < 4.78 is 0. The summed E-state index contributed by atoms with van der Waals surface area (Å²) in [5.74, 6) is 0.282. The van der Waals surface area contributed by atoms with Gasteiger partial charge in [0, 0.05) is 18.0 Å². The first kappa shape index (κ1) is 16.0. The molecule has 22 heavy (non-hydrogen) atoms. The monoisotopic (exact) mass is 321 g/mol. The maximum absolute atomic E-state index is 12.8. The van der Waals surface area contributed by atoms with Crippen LogP contribution in [0.4, 0.5) is 0 Å². The molecule has 1 aromatic heterocycles. The van der Waals surface area contributed by atoms with Crippen LogP contribution in [0.25, 0.3) is 0 Å². The average Bonchev–Trinajstić information content (AvgIpc) is 3.13. The fourth-order valence-electron chi connectivity index (χ4n) is 3.84. The fourth-order valence-corrected chi connectivity index (χ4v) is 4.77. The lowest BCUT2D eigenvalue weighted by Gasteiger charge is -2.36. The van der Waals surface area contributed by atoms with Crippen LogP contribution in [0, 0.1) is 5.41 Å². The predicted molar refractivity (Wildman–Crippen MR) is 91.0 cm³/mol. The Morgan fingerprint density at radius 3 is 3.00 bits per heavy atom. The molecule has 1 saturated heterocycles. The summed E-state index contributed by atoms with van der Waals surface area (Å²) in [6, 6.07) is 2.47. The molecule has 1 aromatic rings. The second-order valence-electron chi connectivity index (χ2n) is 7.04. The number of nitrogens with two attached hydrogens (primary N) is 1. The van der Waals surface area contributed by atoms with Gasteiger partial charge in [-0.3, -0.25) is 9.69 Å². The van der Waals surface area contributed by atoms with Gasteiger partial charge in [-0.25, -0.2) is 0 Å². The maximum atomic E-state index is 12.8. The van der Waals surface area contributed by atoms with Gasteiger partial charge in [0.05, 0.1) is 12.6 Å². The van der Waals surface area contributed by atoms with Crippen LogP contribution in [0.5, 0.6) is 0 Å². The van der Waals surface area contributed by atoms with Gasteiger partial charge in [-0.05, 0) is 54.8 Å². The first-order valence-corrected chi connectivity index (χ1v) is 9.22. The first-order chi connectivity index (χ1) is 10.6. The number of carbonyl (C=O) groups is 1. The fraction of sp³-hybridized carbons (Fsp3) is 0.706. The highest BCUT2D eigenvalue weighted by Crippen LogP contribution is 2.35. The Morgan fingerprint density at radius 1 is 1.50 bits per heavy atom. The molecule has 2 atom stereocenters. The normalized spacial score (nSPS) is 28.9. The summed E-state index contributed by atoms with van der Waals surface area (Å²) in [5, 5.41) is 2.16. The van der Waals surface area contributed by atoms with Crippen LogP contribution in [0.1, 0.15) is 43.2 Å². The SMILES string of the molecule is CCC1c2ccsc2CCN1C(=O)CN1CCC(C)(CN)C1. The highest BCUT2D eigenvalue weighted by Gasteiger charge is 2.36. The van der Waals surface area contributed by atoms with E-state index in [1.807, 2.05) is 11.3 Å². The third kappa shape index (κ3) is 2.94. The van der Waals surface area contributed by atoms with Gasteiger partial charge in [-0.1, -0.05) is 13.8 Å². The highest BCUT2D eigenvalue weighted by atomic mass is 32.1. The lowest BCUT2D eigenvalue weighted by Crippen LogP contribution is -2.45. The lowest BCUT2D eigenvalue weighted by molar-refractivity contribution is -0.135. The number of rotatable bonds is 4. The van der Waals surface area contributed by atoms with Crippen LogP contribution in [0.2, 0.25) is 0 Å². The van der Waals surface area contributed by atoms with Gasteiger partial charge < -0.3 is 10.6 Å². The van der Waals surface area contributed by atoms with E-state index in [4.69, 9.17) is 5.73 Å². The topological polar surface area (TPSA) is 49.6 Å². The van der Waals surface area contributed by atoms with Crippen molar-refractivity contribution in [1.29, 1.82) is 0 Å². The van der Waals surface area contributed by atoms with Gasteiger partial charge in [0.25, 0.3) is 0 Å². The van der Waals surface area contributed by atoms with E-state index in [1.165, 1.54) is 10.4 Å². The Balaban J connectivity index is 1.66. The summed E-state index contributed by atoms with van der Waals surface area (Å²) in [7, 11) is 0. The standard InChI is InChI=1S/C17H27N3OS/c1-3-14-13-5-9-22-15(13)4-7-20(14)16(21)10-19-8-6-17(2,11-18)12-19/h5,9,14H,3-4,6-8,10-12,18H2,1-2H3. The summed E-state index contributed by atoms with van der Waals surface area (Å²) in [5.41, 5.74) is 7.43. The molecule has 2 aliphatic rings. The Labute approximate surface area is 137 Å². The average molecular weight is 321 g/mol. The third-order valence-corrected chi connectivity index (χ3v) is 6.29. The molecule has 3 heterocycles. The second-order valence-corrected chi connectivity index (χ2v) is 8.04. The van der Waals surface area contributed by atoms with Gasteiger partial charge in [0.15, 0.2) is 0 Å². The van der Waals surface area contributed by atoms with Crippen molar-refractivity contribution in [3.05, 3.63) is 21.9 Å². The Morgan fingerprint density at radius 2 is 2.32 bits per heavy atom. The number of hydrogen-bond acceptors (Lipinski definition) is 4. The summed E-state index contributed by atoms with van der Waals surface area (Å²) in [4.78, 5) is 18.7. The molecule has 0 aliphatic carbocycles. The van der Waals surface area contributed by atoms with Crippen molar-refractivity contribution in [3.63, 3.8) is 0 Å². The molecule has 2 unspecified atom stereocenters. The molecule has 3 rings (SSSR count). The molecular weight excluding hydrogens is 294 g/mol. The molecule has 0 aromatic carbocycles. The number of carbonyl (C=O) groups excluding carboxylic acids is 1. The second kappa shape index (κ2) is 6.30. The van der Waals surface area contributed by atoms with Crippen molar-refractivity contribution in [3.8, 4) is 0 Å². The van der Waals surface area contributed by atoms with Crippen molar-refractivity contribution in [2.45, 2.75) is 39.2 Å².